The van der Waals surface area contributed by atoms with Gasteiger partial charge in [0.1, 0.15) is 0 Å². The van der Waals surface area contributed by atoms with Crippen LogP contribution < -0.4 is 5.32 Å². The van der Waals surface area contributed by atoms with Crippen LogP contribution in [0.15, 0.2) is 59.7 Å². The molecular formula is C18H14N4OS. The molecule has 0 unspecified atom stereocenters. The van der Waals surface area contributed by atoms with Gasteiger partial charge in [0.2, 0.25) is 0 Å². The van der Waals surface area contributed by atoms with E-state index in [1.807, 2.05) is 29.6 Å². The van der Waals surface area contributed by atoms with Gasteiger partial charge in [0.05, 0.1) is 23.1 Å². The number of thiophene rings is 1. The maximum absolute atomic E-state index is 12.3. The van der Waals surface area contributed by atoms with Crippen LogP contribution >= 0.6 is 11.3 Å². The van der Waals surface area contributed by atoms with Gasteiger partial charge in [-0.3, -0.25) is 9.78 Å². The minimum Gasteiger partial charge on any atom is -0.348 e. The normalized spacial score (nSPS) is 10.8. The Labute approximate surface area is 142 Å². The molecule has 24 heavy (non-hydrogen) atoms. The van der Waals surface area contributed by atoms with Crippen molar-refractivity contribution in [1.29, 1.82) is 0 Å². The maximum atomic E-state index is 12.3. The highest BCUT2D eigenvalue weighted by Crippen LogP contribution is 2.20. The van der Waals surface area contributed by atoms with Crippen molar-refractivity contribution >= 4 is 28.3 Å². The van der Waals surface area contributed by atoms with Crippen LogP contribution in [0.4, 0.5) is 0 Å². The van der Waals surface area contributed by atoms with E-state index in [1.165, 1.54) is 0 Å². The number of fused-ring (bicyclic) bond motifs is 1. The van der Waals surface area contributed by atoms with Crippen molar-refractivity contribution in [3.63, 3.8) is 0 Å². The van der Waals surface area contributed by atoms with Gasteiger partial charge in [-0.15, -0.1) is 0 Å². The standard InChI is InChI=1S/C18H14N4OS/c23-18(13-1-2-15-17(8-13)22-11-21-15)20-9-12-3-5-19-16(7-12)14-4-6-24-10-14/h1-8,10-11H,9H2,(H,20,23)(H,21,22). The number of hydrogen-bond acceptors (Lipinski definition) is 4. The molecule has 0 spiro atoms. The molecule has 0 aliphatic rings. The fraction of sp³-hybridized carbons (Fsp3) is 0.0556. The molecule has 1 aromatic carbocycles. The summed E-state index contributed by atoms with van der Waals surface area (Å²) in [6.45, 7) is 0.458. The minimum absolute atomic E-state index is 0.111. The van der Waals surface area contributed by atoms with Crippen LogP contribution in [0.3, 0.4) is 0 Å². The molecule has 0 radical (unpaired) electrons. The van der Waals surface area contributed by atoms with Crippen LogP contribution in [0.25, 0.3) is 22.3 Å². The molecule has 0 atom stereocenters. The largest absolute Gasteiger partial charge is 0.348 e. The fourth-order valence-corrected chi connectivity index (χ4v) is 3.16. The Kier molecular flexibility index (Phi) is 3.80. The molecule has 0 fully saturated rings. The predicted molar refractivity (Wildman–Crippen MR) is 94.8 cm³/mol. The Balaban J connectivity index is 1.48. The van der Waals surface area contributed by atoms with Crippen LogP contribution in [0.1, 0.15) is 15.9 Å². The zero-order valence-electron chi connectivity index (χ0n) is 12.7. The van der Waals surface area contributed by atoms with Gasteiger partial charge in [0.15, 0.2) is 0 Å². The second-order valence-corrected chi connectivity index (χ2v) is 6.16. The summed E-state index contributed by atoms with van der Waals surface area (Å²) in [5.41, 5.74) is 5.34. The van der Waals surface area contributed by atoms with Crippen molar-refractivity contribution in [1.82, 2.24) is 20.3 Å². The topological polar surface area (TPSA) is 70.7 Å². The molecule has 4 aromatic rings. The average Bonchev–Trinajstić information content (AvgIpc) is 3.30. The van der Waals surface area contributed by atoms with Crippen LogP contribution in [-0.2, 0) is 6.54 Å². The zero-order chi connectivity index (χ0) is 16.4. The molecule has 0 aliphatic heterocycles. The molecule has 6 heteroatoms. The average molecular weight is 334 g/mol. The third-order valence-corrected chi connectivity index (χ3v) is 4.46. The molecule has 0 aliphatic carbocycles. The van der Waals surface area contributed by atoms with Gasteiger partial charge in [-0.25, -0.2) is 4.98 Å². The molecule has 4 rings (SSSR count). The summed E-state index contributed by atoms with van der Waals surface area (Å²) in [6, 6.07) is 11.4. The van der Waals surface area contributed by atoms with Crippen LogP contribution in [0.5, 0.6) is 0 Å². The van der Waals surface area contributed by atoms with Gasteiger partial charge in [-0.1, -0.05) is 0 Å². The monoisotopic (exact) mass is 334 g/mol. The molecule has 3 aromatic heterocycles. The first kappa shape index (κ1) is 14.6. The van der Waals surface area contributed by atoms with Gasteiger partial charge in [-0.2, -0.15) is 11.3 Å². The summed E-state index contributed by atoms with van der Waals surface area (Å²) in [5.74, 6) is -0.111. The number of pyridine rings is 1. The maximum Gasteiger partial charge on any atom is 0.251 e. The third-order valence-electron chi connectivity index (χ3n) is 3.78. The van der Waals surface area contributed by atoms with E-state index in [9.17, 15) is 4.79 Å². The number of carbonyl (C=O) groups is 1. The van der Waals surface area contributed by atoms with Crippen molar-refractivity contribution in [2.45, 2.75) is 6.54 Å². The third kappa shape index (κ3) is 2.91. The Bertz CT molecular complexity index is 991. The lowest BCUT2D eigenvalue weighted by Crippen LogP contribution is -2.22. The van der Waals surface area contributed by atoms with Gasteiger partial charge in [0.25, 0.3) is 5.91 Å². The second kappa shape index (κ2) is 6.25. The number of rotatable bonds is 4. The lowest BCUT2D eigenvalue weighted by molar-refractivity contribution is 0.0951. The number of nitrogens with one attached hydrogen (secondary N) is 2. The molecule has 0 saturated carbocycles. The van der Waals surface area contributed by atoms with E-state index in [2.05, 4.69) is 25.6 Å². The predicted octanol–water partition coefficient (Wildman–Crippen LogP) is 3.62. The van der Waals surface area contributed by atoms with Crippen molar-refractivity contribution < 1.29 is 4.79 Å². The SMILES string of the molecule is O=C(NCc1ccnc(-c2ccsc2)c1)c1ccc2nc[nH]c2c1. The minimum atomic E-state index is -0.111. The van der Waals surface area contributed by atoms with E-state index in [0.717, 1.165) is 27.9 Å². The first-order valence-corrected chi connectivity index (χ1v) is 8.43. The van der Waals surface area contributed by atoms with Crippen molar-refractivity contribution in [3.8, 4) is 11.3 Å². The number of benzene rings is 1. The van der Waals surface area contributed by atoms with Crippen LogP contribution in [0, 0.1) is 0 Å². The number of H-pyrrole nitrogens is 1. The highest BCUT2D eigenvalue weighted by atomic mass is 32.1. The van der Waals surface area contributed by atoms with Gasteiger partial charge in [0, 0.05) is 29.2 Å². The highest BCUT2D eigenvalue weighted by Gasteiger charge is 2.08. The summed E-state index contributed by atoms with van der Waals surface area (Å²) in [4.78, 5) is 23.9. The Morgan fingerprint density at radius 3 is 3.00 bits per heavy atom. The number of imidazole rings is 1. The Morgan fingerprint density at radius 1 is 1.17 bits per heavy atom. The van der Waals surface area contributed by atoms with Gasteiger partial charge >= 0.3 is 0 Å². The van der Waals surface area contributed by atoms with Crippen molar-refractivity contribution in [2.75, 3.05) is 0 Å². The number of carbonyl (C=O) groups excluding carboxylic acids is 1. The number of aromatic nitrogens is 3. The molecule has 0 saturated heterocycles. The lowest BCUT2D eigenvalue weighted by atomic mass is 10.1. The van der Waals surface area contributed by atoms with E-state index in [1.54, 1.807) is 36.0 Å². The van der Waals surface area contributed by atoms with Crippen LogP contribution in [-0.4, -0.2) is 20.9 Å². The fourth-order valence-electron chi connectivity index (χ4n) is 2.51. The zero-order valence-corrected chi connectivity index (χ0v) is 13.5. The van der Waals surface area contributed by atoms with Crippen LogP contribution in [0.2, 0.25) is 0 Å². The summed E-state index contributed by atoms with van der Waals surface area (Å²) in [5, 5.41) is 7.03. The highest BCUT2D eigenvalue weighted by molar-refractivity contribution is 7.08. The molecular weight excluding hydrogens is 320 g/mol. The molecule has 5 nitrogen and oxygen atoms in total. The van der Waals surface area contributed by atoms with Gasteiger partial charge in [-0.05, 0) is 47.3 Å². The molecule has 0 bridgehead atoms. The molecule has 1 amide bonds. The summed E-state index contributed by atoms with van der Waals surface area (Å²) >= 11 is 1.64. The first-order chi connectivity index (χ1) is 11.8. The molecule has 3 heterocycles. The summed E-state index contributed by atoms with van der Waals surface area (Å²) in [7, 11) is 0. The van der Waals surface area contributed by atoms with Crippen molar-refractivity contribution in [2.24, 2.45) is 0 Å². The quantitative estimate of drug-likeness (QED) is 0.599. The van der Waals surface area contributed by atoms with E-state index in [4.69, 9.17) is 0 Å². The van der Waals surface area contributed by atoms with E-state index < -0.39 is 0 Å². The smallest absolute Gasteiger partial charge is 0.251 e. The number of nitrogens with zero attached hydrogens (tertiary/aromatic N) is 2. The van der Waals surface area contributed by atoms with Gasteiger partial charge < -0.3 is 10.3 Å². The summed E-state index contributed by atoms with van der Waals surface area (Å²) in [6.07, 6.45) is 3.39. The molecule has 2 N–H and O–H groups in total. The van der Waals surface area contributed by atoms with E-state index >= 15 is 0 Å². The first-order valence-electron chi connectivity index (χ1n) is 7.48. The number of aromatic amines is 1. The number of amides is 1. The molecule has 118 valence electrons. The second-order valence-electron chi connectivity index (χ2n) is 5.38. The van der Waals surface area contributed by atoms with E-state index in [0.29, 0.717) is 12.1 Å². The number of hydrogen-bond donors (Lipinski definition) is 2. The Hall–Kier alpha value is -2.99. The van der Waals surface area contributed by atoms with Crippen molar-refractivity contribution in [3.05, 3.63) is 70.8 Å². The van der Waals surface area contributed by atoms with E-state index in [-0.39, 0.29) is 5.91 Å². The summed E-state index contributed by atoms with van der Waals surface area (Å²) < 4.78 is 0. The Morgan fingerprint density at radius 2 is 2.12 bits per heavy atom. The lowest BCUT2D eigenvalue weighted by Gasteiger charge is -2.07.